The Hall–Kier alpha value is -0.320. The second-order valence-electron chi connectivity index (χ2n) is 2.92. The lowest BCUT2D eigenvalue weighted by atomic mass is 10.1. The Morgan fingerprint density at radius 1 is 1.60 bits per heavy atom. The molecule has 1 aromatic rings. The summed E-state index contributed by atoms with van der Waals surface area (Å²) in [6.45, 7) is 0. The van der Waals surface area contributed by atoms with Crippen molar-refractivity contribution in [2.45, 2.75) is 11.8 Å². The normalized spacial score (nSPS) is 12.5. The maximum atomic E-state index is 12.9. The number of amides is 1. The van der Waals surface area contributed by atoms with Gasteiger partial charge in [-0.15, -0.1) is 11.6 Å². The molecule has 0 fully saturated rings. The molecule has 0 aromatic heterocycles. The van der Waals surface area contributed by atoms with E-state index >= 15 is 0 Å². The van der Waals surface area contributed by atoms with Gasteiger partial charge < -0.3 is 5.73 Å². The van der Waals surface area contributed by atoms with Gasteiger partial charge in [0.25, 0.3) is 0 Å². The van der Waals surface area contributed by atoms with Crippen LogP contribution in [0, 0.1) is 5.82 Å². The first kappa shape index (κ1) is 12.7. The molecule has 15 heavy (non-hydrogen) atoms. The molecule has 1 rings (SSSR count). The Balaban J connectivity index is 3.00. The predicted molar refractivity (Wildman–Crippen MR) is 61.6 cm³/mol. The van der Waals surface area contributed by atoms with Crippen LogP contribution in [0.5, 0.6) is 0 Å². The number of benzene rings is 1. The van der Waals surface area contributed by atoms with Gasteiger partial charge in [0.2, 0.25) is 5.91 Å². The number of halogens is 4. The first-order valence-corrected chi connectivity index (χ1v) is 5.59. The summed E-state index contributed by atoms with van der Waals surface area (Å²) in [4.78, 5) is 10.8. The molecule has 0 saturated carbocycles. The van der Waals surface area contributed by atoms with Gasteiger partial charge in [-0.1, -0.05) is 27.5 Å². The molecule has 0 aliphatic carbocycles. The van der Waals surface area contributed by atoms with Crippen LogP contribution in [-0.4, -0.2) is 11.3 Å². The van der Waals surface area contributed by atoms with Crippen molar-refractivity contribution in [3.63, 3.8) is 0 Å². The monoisotopic (exact) mass is 313 g/mol. The molecule has 1 atom stereocenters. The van der Waals surface area contributed by atoms with E-state index in [4.69, 9.17) is 28.9 Å². The van der Waals surface area contributed by atoms with Gasteiger partial charge in [-0.2, -0.15) is 0 Å². The summed E-state index contributed by atoms with van der Waals surface area (Å²) < 4.78 is 13.3. The molecule has 1 aromatic carbocycles. The molecule has 6 heteroatoms. The Kier molecular flexibility index (Phi) is 4.37. The van der Waals surface area contributed by atoms with E-state index in [1.807, 2.05) is 0 Å². The van der Waals surface area contributed by atoms with Crippen LogP contribution in [0.15, 0.2) is 16.6 Å². The molecule has 0 saturated heterocycles. The molecule has 0 bridgehead atoms. The lowest BCUT2D eigenvalue weighted by Gasteiger charge is -2.09. The minimum Gasteiger partial charge on any atom is -0.368 e. The Bertz CT molecular complexity index is 377. The zero-order valence-corrected chi connectivity index (χ0v) is 10.5. The number of carbonyl (C=O) groups excluding carboxylic acids is 1. The second kappa shape index (κ2) is 5.14. The van der Waals surface area contributed by atoms with Crippen molar-refractivity contribution in [2.75, 3.05) is 0 Å². The SMILES string of the molecule is NC(=O)C(Cl)Cc1c(Cl)cc(F)cc1Br. The number of hydrogen-bond acceptors (Lipinski definition) is 1. The van der Waals surface area contributed by atoms with E-state index in [1.54, 1.807) is 0 Å². The first-order chi connectivity index (χ1) is 6.91. The molecule has 0 heterocycles. The quantitative estimate of drug-likeness (QED) is 0.857. The number of primary amides is 1. The molecule has 82 valence electrons. The van der Waals surface area contributed by atoms with Gasteiger partial charge >= 0.3 is 0 Å². The fourth-order valence-electron chi connectivity index (χ4n) is 1.05. The highest BCUT2D eigenvalue weighted by molar-refractivity contribution is 9.10. The van der Waals surface area contributed by atoms with Crippen molar-refractivity contribution >= 4 is 45.0 Å². The lowest BCUT2D eigenvalue weighted by Crippen LogP contribution is -2.25. The summed E-state index contributed by atoms with van der Waals surface area (Å²) in [5.41, 5.74) is 5.58. The van der Waals surface area contributed by atoms with Crippen molar-refractivity contribution in [3.8, 4) is 0 Å². The summed E-state index contributed by atoms with van der Waals surface area (Å²) in [6, 6.07) is 2.41. The van der Waals surface area contributed by atoms with E-state index in [-0.39, 0.29) is 11.4 Å². The molecule has 2 nitrogen and oxygen atoms in total. The summed E-state index contributed by atoms with van der Waals surface area (Å²) in [7, 11) is 0. The third-order valence-electron chi connectivity index (χ3n) is 1.80. The van der Waals surface area contributed by atoms with Crippen LogP contribution < -0.4 is 5.73 Å². The second-order valence-corrected chi connectivity index (χ2v) is 4.71. The van der Waals surface area contributed by atoms with E-state index in [0.717, 1.165) is 6.07 Å². The summed E-state index contributed by atoms with van der Waals surface area (Å²) in [5, 5.41) is -0.641. The lowest BCUT2D eigenvalue weighted by molar-refractivity contribution is -0.117. The van der Waals surface area contributed by atoms with Gasteiger partial charge in [0.1, 0.15) is 11.2 Å². The van der Waals surface area contributed by atoms with E-state index in [9.17, 15) is 9.18 Å². The average molecular weight is 315 g/mol. The Labute approximate surface area is 105 Å². The highest BCUT2D eigenvalue weighted by Crippen LogP contribution is 2.28. The molecule has 1 unspecified atom stereocenters. The van der Waals surface area contributed by atoms with Crippen molar-refractivity contribution < 1.29 is 9.18 Å². The van der Waals surface area contributed by atoms with Crippen molar-refractivity contribution in [1.82, 2.24) is 0 Å². The van der Waals surface area contributed by atoms with Crippen LogP contribution in [0.25, 0.3) is 0 Å². The summed E-state index contributed by atoms with van der Waals surface area (Å²) >= 11 is 14.6. The largest absolute Gasteiger partial charge is 0.368 e. The van der Waals surface area contributed by atoms with Crippen LogP contribution >= 0.6 is 39.1 Å². The average Bonchev–Trinajstić information content (AvgIpc) is 2.10. The summed E-state index contributed by atoms with van der Waals surface area (Å²) in [5.74, 6) is -1.09. The molecule has 0 aliphatic heterocycles. The molecular formula is C9H7BrCl2FNO. The van der Waals surface area contributed by atoms with Gasteiger partial charge in [0.15, 0.2) is 0 Å². The van der Waals surface area contributed by atoms with E-state index in [2.05, 4.69) is 15.9 Å². The van der Waals surface area contributed by atoms with Crippen molar-refractivity contribution in [1.29, 1.82) is 0 Å². The van der Waals surface area contributed by atoms with Crippen LogP contribution in [0.2, 0.25) is 5.02 Å². The molecule has 1 amide bonds. The topological polar surface area (TPSA) is 43.1 Å². The van der Waals surface area contributed by atoms with Gasteiger partial charge in [-0.3, -0.25) is 4.79 Å². The number of hydrogen-bond donors (Lipinski definition) is 1. The fourth-order valence-corrected chi connectivity index (χ4v) is 2.19. The van der Waals surface area contributed by atoms with Crippen LogP contribution in [0.1, 0.15) is 5.56 Å². The minimum atomic E-state index is -0.857. The van der Waals surface area contributed by atoms with Crippen molar-refractivity contribution in [3.05, 3.63) is 33.0 Å². The fraction of sp³-hybridized carbons (Fsp3) is 0.222. The smallest absolute Gasteiger partial charge is 0.235 e. The predicted octanol–water partition coefficient (Wildman–Crippen LogP) is 2.88. The maximum Gasteiger partial charge on any atom is 0.235 e. The van der Waals surface area contributed by atoms with Crippen LogP contribution in [0.4, 0.5) is 4.39 Å². The molecule has 2 N–H and O–H groups in total. The first-order valence-electron chi connectivity index (χ1n) is 3.98. The summed E-state index contributed by atoms with van der Waals surface area (Å²) in [6.07, 6.45) is 0.163. The third kappa shape index (κ3) is 3.33. The van der Waals surface area contributed by atoms with Crippen LogP contribution in [-0.2, 0) is 11.2 Å². The molecule has 0 aliphatic rings. The Morgan fingerprint density at radius 2 is 2.20 bits per heavy atom. The van der Waals surface area contributed by atoms with E-state index < -0.39 is 17.1 Å². The highest BCUT2D eigenvalue weighted by atomic mass is 79.9. The highest BCUT2D eigenvalue weighted by Gasteiger charge is 2.17. The number of alkyl halides is 1. The molecular weight excluding hydrogens is 308 g/mol. The van der Waals surface area contributed by atoms with Gasteiger partial charge in [0, 0.05) is 15.9 Å². The number of rotatable bonds is 3. The van der Waals surface area contributed by atoms with E-state index in [0.29, 0.717) is 10.0 Å². The van der Waals surface area contributed by atoms with Crippen molar-refractivity contribution in [2.24, 2.45) is 5.73 Å². The zero-order valence-electron chi connectivity index (χ0n) is 7.44. The van der Waals surface area contributed by atoms with Gasteiger partial charge in [-0.05, 0) is 17.7 Å². The maximum absolute atomic E-state index is 12.9. The zero-order chi connectivity index (χ0) is 11.6. The Morgan fingerprint density at radius 3 is 2.67 bits per heavy atom. The number of carbonyl (C=O) groups is 1. The standard InChI is InChI=1S/C9H7BrCl2FNO/c10-6-1-4(13)2-7(11)5(6)3-8(12)9(14)15/h1-2,8H,3H2,(H2,14,15). The molecule has 0 spiro atoms. The number of nitrogens with two attached hydrogens (primary N) is 1. The molecule has 0 radical (unpaired) electrons. The van der Waals surface area contributed by atoms with Gasteiger partial charge in [-0.25, -0.2) is 4.39 Å². The van der Waals surface area contributed by atoms with Crippen LogP contribution in [0.3, 0.4) is 0 Å². The van der Waals surface area contributed by atoms with Gasteiger partial charge in [0.05, 0.1) is 0 Å². The third-order valence-corrected chi connectivity index (χ3v) is 3.21. The minimum absolute atomic E-state index is 0.163. The van der Waals surface area contributed by atoms with E-state index in [1.165, 1.54) is 6.07 Å².